The first-order valence-electron chi connectivity index (χ1n) is 8.43. The molecule has 7 heteroatoms. The van der Waals surface area contributed by atoms with E-state index in [1.165, 1.54) is 0 Å². The standard InChI is InChI=1S/C19H19N5O2/c1-11-5-3-6-12(9-11)24-8-4-7-14(24)13-10-15(25)21-18-16(13)17(22-23-18)19(26)20-2/h3-9,13H,10H2,1-2H3,(H,20,26)(H2,21,22,23,25). The van der Waals surface area contributed by atoms with Gasteiger partial charge in [-0.2, -0.15) is 5.10 Å². The van der Waals surface area contributed by atoms with E-state index in [9.17, 15) is 9.59 Å². The molecule has 1 aromatic carbocycles. The number of hydrogen-bond donors (Lipinski definition) is 3. The van der Waals surface area contributed by atoms with Crippen molar-refractivity contribution in [1.82, 2.24) is 20.1 Å². The Morgan fingerprint density at radius 3 is 2.92 bits per heavy atom. The average molecular weight is 349 g/mol. The van der Waals surface area contributed by atoms with Crippen LogP contribution in [0.4, 0.5) is 5.82 Å². The van der Waals surface area contributed by atoms with Crippen LogP contribution in [-0.2, 0) is 4.79 Å². The van der Waals surface area contributed by atoms with Gasteiger partial charge in [0.15, 0.2) is 5.82 Å². The summed E-state index contributed by atoms with van der Waals surface area (Å²) < 4.78 is 2.06. The SMILES string of the molecule is CNC(=O)c1[nH]nc2c1C(c1cccn1-c1cccc(C)c1)CC(=O)N2. The molecular weight excluding hydrogens is 330 g/mol. The van der Waals surface area contributed by atoms with Crippen LogP contribution in [0.3, 0.4) is 0 Å². The molecule has 0 saturated heterocycles. The number of benzene rings is 1. The largest absolute Gasteiger partial charge is 0.354 e. The third kappa shape index (κ3) is 2.57. The van der Waals surface area contributed by atoms with E-state index < -0.39 is 0 Å². The molecule has 0 radical (unpaired) electrons. The molecule has 132 valence electrons. The molecule has 0 spiro atoms. The summed E-state index contributed by atoms with van der Waals surface area (Å²) in [6.45, 7) is 2.04. The topological polar surface area (TPSA) is 91.8 Å². The lowest BCUT2D eigenvalue weighted by Gasteiger charge is -2.24. The number of aryl methyl sites for hydroxylation is 1. The maximum atomic E-state index is 12.2. The highest BCUT2D eigenvalue weighted by Crippen LogP contribution is 2.39. The fraction of sp³-hybridized carbons (Fsp3) is 0.211. The van der Waals surface area contributed by atoms with Gasteiger partial charge in [0, 0.05) is 42.5 Å². The minimum atomic E-state index is -0.264. The van der Waals surface area contributed by atoms with Crippen molar-refractivity contribution in [3.8, 4) is 5.69 Å². The molecule has 1 aliphatic heterocycles. The van der Waals surface area contributed by atoms with Crippen molar-refractivity contribution < 1.29 is 9.59 Å². The molecule has 1 unspecified atom stereocenters. The van der Waals surface area contributed by atoms with Crippen molar-refractivity contribution in [3.63, 3.8) is 0 Å². The van der Waals surface area contributed by atoms with Crippen LogP contribution in [-0.4, -0.2) is 33.6 Å². The minimum absolute atomic E-state index is 0.116. The molecule has 3 aromatic rings. The van der Waals surface area contributed by atoms with E-state index in [0.717, 1.165) is 22.5 Å². The zero-order chi connectivity index (χ0) is 18.3. The van der Waals surface area contributed by atoms with Crippen LogP contribution < -0.4 is 10.6 Å². The predicted molar refractivity (Wildman–Crippen MR) is 97.6 cm³/mol. The summed E-state index contributed by atoms with van der Waals surface area (Å²) in [5.74, 6) is -0.217. The summed E-state index contributed by atoms with van der Waals surface area (Å²) in [6.07, 6.45) is 2.22. The van der Waals surface area contributed by atoms with Gasteiger partial charge in [0.05, 0.1) is 0 Å². The lowest BCUT2D eigenvalue weighted by Crippen LogP contribution is -2.27. The van der Waals surface area contributed by atoms with Crippen molar-refractivity contribution in [1.29, 1.82) is 0 Å². The van der Waals surface area contributed by atoms with E-state index >= 15 is 0 Å². The van der Waals surface area contributed by atoms with E-state index in [-0.39, 0.29) is 24.2 Å². The molecule has 0 saturated carbocycles. The molecule has 1 aliphatic rings. The number of amides is 2. The van der Waals surface area contributed by atoms with Gasteiger partial charge in [-0.3, -0.25) is 14.7 Å². The van der Waals surface area contributed by atoms with Crippen LogP contribution in [0.1, 0.15) is 39.6 Å². The Balaban J connectivity index is 1.86. The summed E-state index contributed by atoms with van der Waals surface area (Å²) in [4.78, 5) is 24.4. The first-order chi connectivity index (χ1) is 12.6. The summed E-state index contributed by atoms with van der Waals surface area (Å²) in [7, 11) is 1.57. The quantitative estimate of drug-likeness (QED) is 0.678. The van der Waals surface area contributed by atoms with Crippen LogP contribution in [0, 0.1) is 6.92 Å². The third-order valence-corrected chi connectivity index (χ3v) is 4.67. The van der Waals surface area contributed by atoms with E-state index in [1.54, 1.807) is 7.05 Å². The van der Waals surface area contributed by atoms with Crippen molar-refractivity contribution in [3.05, 3.63) is 65.1 Å². The van der Waals surface area contributed by atoms with E-state index in [0.29, 0.717) is 11.5 Å². The molecule has 3 N–H and O–H groups in total. The normalized spacial score (nSPS) is 16.1. The zero-order valence-corrected chi connectivity index (χ0v) is 14.5. The molecule has 26 heavy (non-hydrogen) atoms. The summed E-state index contributed by atoms with van der Waals surface area (Å²) in [5, 5.41) is 12.3. The Morgan fingerprint density at radius 2 is 2.15 bits per heavy atom. The lowest BCUT2D eigenvalue weighted by atomic mass is 9.88. The van der Waals surface area contributed by atoms with Crippen molar-refractivity contribution in [2.75, 3.05) is 12.4 Å². The molecule has 2 amide bonds. The van der Waals surface area contributed by atoms with Crippen LogP contribution in [0.15, 0.2) is 42.6 Å². The second kappa shape index (κ2) is 6.18. The fourth-order valence-corrected chi connectivity index (χ4v) is 3.50. The molecule has 0 fully saturated rings. The Labute approximate surface area is 150 Å². The van der Waals surface area contributed by atoms with Gasteiger partial charge in [0.2, 0.25) is 5.91 Å². The van der Waals surface area contributed by atoms with Gasteiger partial charge in [-0.15, -0.1) is 0 Å². The summed E-state index contributed by atoms with van der Waals surface area (Å²) in [5.41, 5.74) is 4.21. The number of nitrogens with zero attached hydrogens (tertiary/aromatic N) is 2. The van der Waals surface area contributed by atoms with Crippen LogP contribution in [0.5, 0.6) is 0 Å². The zero-order valence-electron chi connectivity index (χ0n) is 14.5. The number of rotatable bonds is 3. The number of aromatic amines is 1. The number of fused-ring (bicyclic) bond motifs is 1. The maximum absolute atomic E-state index is 12.2. The molecule has 3 heterocycles. The highest BCUT2D eigenvalue weighted by Gasteiger charge is 2.35. The molecule has 0 bridgehead atoms. The summed E-state index contributed by atoms with van der Waals surface area (Å²) >= 11 is 0. The average Bonchev–Trinajstić information content (AvgIpc) is 3.27. The van der Waals surface area contributed by atoms with Gasteiger partial charge in [0.25, 0.3) is 5.91 Å². The van der Waals surface area contributed by atoms with Gasteiger partial charge in [-0.25, -0.2) is 0 Å². The highest BCUT2D eigenvalue weighted by molar-refractivity contribution is 6.00. The number of anilines is 1. The number of carbonyl (C=O) groups is 2. The highest BCUT2D eigenvalue weighted by atomic mass is 16.2. The van der Waals surface area contributed by atoms with Crippen molar-refractivity contribution in [2.45, 2.75) is 19.3 Å². The van der Waals surface area contributed by atoms with Gasteiger partial charge in [0.1, 0.15) is 5.69 Å². The first kappa shape index (κ1) is 16.1. The second-order valence-electron chi connectivity index (χ2n) is 6.39. The van der Waals surface area contributed by atoms with E-state index in [4.69, 9.17) is 0 Å². The van der Waals surface area contributed by atoms with E-state index in [2.05, 4.69) is 31.5 Å². The number of carbonyl (C=O) groups excluding carboxylic acids is 2. The Hall–Kier alpha value is -3.35. The molecule has 7 nitrogen and oxygen atoms in total. The maximum Gasteiger partial charge on any atom is 0.269 e. The Kier molecular flexibility index (Phi) is 3.84. The number of nitrogens with one attached hydrogen (secondary N) is 3. The minimum Gasteiger partial charge on any atom is -0.354 e. The van der Waals surface area contributed by atoms with Gasteiger partial charge in [-0.05, 0) is 36.8 Å². The smallest absolute Gasteiger partial charge is 0.269 e. The Bertz CT molecular complexity index is 1000. The molecule has 2 aromatic heterocycles. The molecule has 0 aliphatic carbocycles. The predicted octanol–water partition coefficient (Wildman–Crippen LogP) is 2.34. The number of H-pyrrole nitrogens is 1. The third-order valence-electron chi connectivity index (χ3n) is 4.67. The van der Waals surface area contributed by atoms with Crippen molar-refractivity contribution in [2.24, 2.45) is 0 Å². The van der Waals surface area contributed by atoms with Crippen LogP contribution in [0.25, 0.3) is 5.69 Å². The van der Waals surface area contributed by atoms with Crippen LogP contribution in [0.2, 0.25) is 0 Å². The fourth-order valence-electron chi connectivity index (χ4n) is 3.50. The van der Waals surface area contributed by atoms with E-state index in [1.807, 2.05) is 43.5 Å². The lowest BCUT2D eigenvalue weighted by molar-refractivity contribution is -0.116. The van der Waals surface area contributed by atoms with Crippen LogP contribution >= 0.6 is 0 Å². The van der Waals surface area contributed by atoms with Gasteiger partial charge < -0.3 is 15.2 Å². The number of hydrogen-bond acceptors (Lipinski definition) is 3. The second-order valence-corrected chi connectivity index (χ2v) is 6.39. The first-order valence-corrected chi connectivity index (χ1v) is 8.43. The number of aromatic nitrogens is 3. The summed E-state index contributed by atoms with van der Waals surface area (Å²) in [6, 6.07) is 12.1. The Morgan fingerprint density at radius 1 is 1.31 bits per heavy atom. The monoisotopic (exact) mass is 349 g/mol. The van der Waals surface area contributed by atoms with Crippen molar-refractivity contribution >= 4 is 17.6 Å². The van der Waals surface area contributed by atoms with Gasteiger partial charge in [-0.1, -0.05) is 12.1 Å². The molecular formula is C19H19N5O2. The molecule has 1 atom stereocenters. The molecule has 4 rings (SSSR count). The van der Waals surface area contributed by atoms with Gasteiger partial charge >= 0.3 is 0 Å².